The molecule has 0 aliphatic carbocycles. The minimum absolute atomic E-state index is 0.146. The monoisotopic (exact) mass is 292 g/mol. The molecule has 20 heavy (non-hydrogen) atoms. The highest BCUT2D eigenvalue weighted by molar-refractivity contribution is 7.89. The zero-order valence-electron chi connectivity index (χ0n) is 11.1. The van der Waals surface area contributed by atoms with E-state index in [4.69, 9.17) is 0 Å². The van der Waals surface area contributed by atoms with Gasteiger partial charge in [-0.3, -0.25) is 4.98 Å². The number of pyridine rings is 2. The van der Waals surface area contributed by atoms with Gasteiger partial charge in [-0.05, 0) is 36.8 Å². The summed E-state index contributed by atoms with van der Waals surface area (Å²) < 4.78 is 26.7. The lowest BCUT2D eigenvalue weighted by Gasteiger charge is -2.07. The van der Waals surface area contributed by atoms with Crippen molar-refractivity contribution in [3.05, 3.63) is 48.4 Å². The van der Waals surface area contributed by atoms with Crippen molar-refractivity contribution in [1.82, 2.24) is 14.7 Å². The van der Waals surface area contributed by atoms with Crippen LogP contribution in [0.15, 0.2) is 47.8 Å². The fourth-order valence-electron chi connectivity index (χ4n) is 1.59. The van der Waals surface area contributed by atoms with Crippen molar-refractivity contribution in [2.75, 3.05) is 11.9 Å². The average molecular weight is 292 g/mol. The Kier molecular flexibility index (Phi) is 4.65. The van der Waals surface area contributed by atoms with Gasteiger partial charge >= 0.3 is 0 Å². The molecular formula is C13H16N4O2S. The van der Waals surface area contributed by atoms with Gasteiger partial charge < -0.3 is 5.32 Å². The molecule has 0 saturated heterocycles. The highest BCUT2D eigenvalue weighted by Crippen LogP contribution is 2.11. The predicted molar refractivity (Wildman–Crippen MR) is 76.7 cm³/mol. The summed E-state index contributed by atoms with van der Waals surface area (Å²) in [6.07, 6.45) is 4.58. The number of hydrogen-bond donors (Lipinski definition) is 2. The smallest absolute Gasteiger partial charge is 0.242 e. The Morgan fingerprint density at radius 3 is 2.50 bits per heavy atom. The zero-order valence-corrected chi connectivity index (χ0v) is 11.9. The number of nitrogens with zero attached hydrogens (tertiary/aromatic N) is 2. The molecule has 0 unspecified atom stereocenters. The fraction of sp³-hybridized carbons (Fsp3) is 0.231. The van der Waals surface area contributed by atoms with E-state index in [9.17, 15) is 8.42 Å². The quantitative estimate of drug-likeness (QED) is 0.840. The van der Waals surface area contributed by atoms with Gasteiger partial charge in [0.15, 0.2) is 0 Å². The SMILES string of the molecule is CCNc1ccc(S(=O)(=O)NCc2ccncc2)cn1. The van der Waals surface area contributed by atoms with Gasteiger partial charge in [-0.1, -0.05) is 0 Å². The van der Waals surface area contributed by atoms with Crippen LogP contribution in [0.5, 0.6) is 0 Å². The van der Waals surface area contributed by atoms with E-state index >= 15 is 0 Å². The van der Waals surface area contributed by atoms with Crippen LogP contribution in [0, 0.1) is 0 Å². The molecule has 0 fully saturated rings. The summed E-state index contributed by atoms with van der Waals surface area (Å²) in [7, 11) is -3.55. The molecule has 106 valence electrons. The molecule has 2 heterocycles. The van der Waals surface area contributed by atoms with Crippen molar-refractivity contribution >= 4 is 15.8 Å². The Balaban J connectivity index is 2.06. The largest absolute Gasteiger partial charge is 0.370 e. The number of sulfonamides is 1. The van der Waals surface area contributed by atoms with Crippen LogP contribution in [-0.4, -0.2) is 24.9 Å². The highest BCUT2D eigenvalue weighted by Gasteiger charge is 2.13. The third kappa shape index (κ3) is 3.75. The molecule has 7 heteroatoms. The number of hydrogen-bond acceptors (Lipinski definition) is 5. The third-order valence-electron chi connectivity index (χ3n) is 2.62. The average Bonchev–Trinajstić information content (AvgIpc) is 2.47. The molecule has 6 nitrogen and oxygen atoms in total. The molecule has 0 aromatic carbocycles. The van der Waals surface area contributed by atoms with E-state index in [-0.39, 0.29) is 11.4 Å². The van der Waals surface area contributed by atoms with Gasteiger partial charge in [0, 0.05) is 31.7 Å². The van der Waals surface area contributed by atoms with Gasteiger partial charge in [0.1, 0.15) is 10.7 Å². The molecule has 2 aromatic heterocycles. The van der Waals surface area contributed by atoms with Gasteiger partial charge in [-0.25, -0.2) is 18.1 Å². The second-order valence-electron chi connectivity index (χ2n) is 4.09. The zero-order chi connectivity index (χ0) is 14.4. The van der Waals surface area contributed by atoms with Gasteiger partial charge in [0.2, 0.25) is 10.0 Å². The highest BCUT2D eigenvalue weighted by atomic mass is 32.2. The van der Waals surface area contributed by atoms with E-state index in [0.29, 0.717) is 5.82 Å². The van der Waals surface area contributed by atoms with E-state index in [1.807, 2.05) is 6.92 Å². The first-order valence-corrected chi connectivity index (χ1v) is 7.68. The Morgan fingerprint density at radius 1 is 1.15 bits per heavy atom. The van der Waals surface area contributed by atoms with Crippen molar-refractivity contribution in [2.45, 2.75) is 18.4 Å². The van der Waals surface area contributed by atoms with Crippen molar-refractivity contribution in [2.24, 2.45) is 0 Å². The van der Waals surface area contributed by atoms with E-state index in [2.05, 4.69) is 20.0 Å². The molecular weight excluding hydrogens is 276 g/mol. The predicted octanol–water partition coefficient (Wildman–Crippen LogP) is 1.39. The Morgan fingerprint density at radius 2 is 1.90 bits per heavy atom. The number of rotatable bonds is 6. The minimum Gasteiger partial charge on any atom is -0.370 e. The van der Waals surface area contributed by atoms with Crippen molar-refractivity contribution in [1.29, 1.82) is 0 Å². The van der Waals surface area contributed by atoms with Crippen molar-refractivity contribution in [3.8, 4) is 0 Å². The standard InChI is InChI=1S/C13H16N4O2S/c1-2-15-13-4-3-12(10-16-13)20(18,19)17-9-11-5-7-14-8-6-11/h3-8,10,17H,2,9H2,1H3,(H,15,16). The van der Waals surface area contributed by atoms with Gasteiger partial charge in [-0.2, -0.15) is 0 Å². The minimum atomic E-state index is -3.55. The fourth-order valence-corrected chi connectivity index (χ4v) is 2.55. The van der Waals surface area contributed by atoms with Gasteiger partial charge in [0.05, 0.1) is 0 Å². The normalized spacial score (nSPS) is 11.2. The van der Waals surface area contributed by atoms with Crippen LogP contribution < -0.4 is 10.0 Å². The topological polar surface area (TPSA) is 84.0 Å². The van der Waals surface area contributed by atoms with Crippen LogP contribution in [0.2, 0.25) is 0 Å². The Hall–Kier alpha value is -1.99. The van der Waals surface area contributed by atoms with Crippen molar-refractivity contribution in [3.63, 3.8) is 0 Å². The maximum Gasteiger partial charge on any atom is 0.242 e. The summed E-state index contributed by atoms with van der Waals surface area (Å²) >= 11 is 0. The summed E-state index contributed by atoms with van der Waals surface area (Å²) in [6, 6.07) is 6.69. The van der Waals surface area contributed by atoms with Crippen LogP contribution in [0.1, 0.15) is 12.5 Å². The molecule has 0 spiro atoms. The molecule has 2 N–H and O–H groups in total. The number of aromatic nitrogens is 2. The Bertz CT molecular complexity index is 642. The van der Waals surface area contributed by atoms with Crippen molar-refractivity contribution < 1.29 is 8.42 Å². The van der Waals surface area contributed by atoms with E-state index < -0.39 is 10.0 Å². The summed E-state index contributed by atoms with van der Waals surface area (Å²) in [4.78, 5) is 8.08. The molecule has 0 atom stereocenters. The van der Waals surface area contributed by atoms with Crippen LogP contribution >= 0.6 is 0 Å². The lowest BCUT2D eigenvalue weighted by atomic mass is 10.3. The van der Waals surface area contributed by atoms with Crippen LogP contribution in [-0.2, 0) is 16.6 Å². The van der Waals surface area contributed by atoms with E-state index in [0.717, 1.165) is 12.1 Å². The molecule has 2 rings (SSSR count). The summed E-state index contributed by atoms with van der Waals surface area (Å²) in [6.45, 7) is 2.90. The number of nitrogens with one attached hydrogen (secondary N) is 2. The third-order valence-corrected chi connectivity index (χ3v) is 4.01. The van der Waals surface area contributed by atoms with Gasteiger partial charge in [-0.15, -0.1) is 0 Å². The molecule has 2 aromatic rings. The summed E-state index contributed by atoms with van der Waals surface area (Å²) in [5.41, 5.74) is 0.848. The first-order valence-electron chi connectivity index (χ1n) is 6.20. The second kappa shape index (κ2) is 6.44. The van der Waals surface area contributed by atoms with Gasteiger partial charge in [0.25, 0.3) is 0 Å². The first-order chi connectivity index (χ1) is 9.62. The maximum absolute atomic E-state index is 12.1. The van der Waals surface area contributed by atoms with E-state index in [1.165, 1.54) is 12.3 Å². The molecule has 0 saturated carbocycles. The molecule has 0 aliphatic rings. The maximum atomic E-state index is 12.1. The molecule has 0 aliphatic heterocycles. The summed E-state index contributed by atoms with van der Waals surface area (Å²) in [5.74, 6) is 0.653. The summed E-state index contributed by atoms with van der Waals surface area (Å²) in [5, 5.41) is 3.01. The lowest BCUT2D eigenvalue weighted by molar-refractivity contribution is 0.581. The lowest BCUT2D eigenvalue weighted by Crippen LogP contribution is -2.23. The van der Waals surface area contributed by atoms with Crippen LogP contribution in [0.25, 0.3) is 0 Å². The molecule has 0 radical (unpaired) electrons. The van der Waals surface area contributed by atoms with Crippen LogP contribution in [0.4, 0.5) is 5.82 Å². The Labute approximate surface area is 118 Å². The second-order valence-corrected chi connectivity index (χ2v) is 5.86. The first kappa shape index (κ1) is 14.4. The van der Waals surface area contributed by atoms with E-state index in [1.54, 1.807) is 30.6 Å². The number of anilines is 1. The van der Waals surface area contributed by atoms with Crippen LogP contribution in [0.3, 0.4) is 0 Å². The molecule has 0 bridgehead atoms. The molecule has 0 amide bonds.